The lowest BCUT2D eigenvalue weighted by atomic mass is 9.81. The zero-order valence-corrected chi connectivity index (χ0v) is 17.3. The molecule has 0 radical (unpaired) electrons. The van der Waals surface area contributed by atoms with E-state index in [4.69, 9.17) is 9.47 Å². The monoisotopic (exact) mass is 418 g/mol. The van der Waals surface area contributed by atoms with Gasteiger partial charge >= 0.3 is 17.6 Å². The van der Waals surface area contributed by atoms with Gasteiger partial charge in [0.05, 0.1) is 0 Å². The molecule has 0 heterocycles. The van der Waals surface area contributed by atoms with Crippen LogP contribution in [0.3, 0.4) is 0 Å². The second-order valence-corrected chi connectivity index (χ2v) is 8.82. The molecular weight excluding hydrogens is 392 g/mol. The predicted molar refractivity (Wildman–Crippen MR) is 105 cm³/mol. The number of nitro groups is 1. The van der Waals surface area contributed by atoms with Gasteiger partial charge in [-0.3, -0.25) is 14.9 Å². The number of nitrogens with zero attached hydrogens (tertiary/aromatic N) is 1. The Kier molecular flexibility index (Phi) is 5.83. The van der Waals surface area contributed by atoms with Crippen LogP contribution in [0.15, 0.2) is 30.3 Å². The molecule has 4 atom stereocenters. The van der Waals surface area contributed by atoms with Crippen LogP contribution in [0.2, 0.25) is 0 Å². The Balaban J connectivity index is 1.71. The van der Waals surface area contributed by atoms with E-state index in [2.05, 4.69) is 5.32 Å². The number of fused-ring (bicyclic) bond motifs is 2. The van der Waals surface area contributed by atoms with Gasteiger partial charge in [0.2, 0.25) is 5.78 Å². The van der Waals surface area contributed by atoms with Crippen LogP contribution in [0.4, 0.5) is 4.79 Å². The van der Waals surface area contributed by atoms with Crippen molar-refractivity contribution in [3.8, 4) is 0 Å². The lowest BCUT2D eigenvalue weighted by Crippen LogP contribution is -2.57. The third-order valence-corrected chi connectivity index (χ3v) is 5.67. The molecule has 30 heavy (non-hydrogen) atoms. The smallest absolute Gasteiger partial charge is 0.407 e. The van der Waals surface area contributed by atoms with Gasteiger partial charge in [-0.25, -0.2) is 9.59 Å². The number of esters is 1. The van der Waals surface area contributed by atoms with Gasteiger partial charge in [-0.15, -0.1) is 0 Å². The van der Waals surface area contributed by atoms with Crippen LogP contribution in [0, 0.1) is 22.0 Å². The third-order valence-electron chi connectivity index (χ3n) is 5.67. The fraction of sp³-hybridized carbons (Fsp3) is 0.571. The first kappa shape index (κ1) is 21.7. The van der Waals surface area contributed by atoms with E-state index in [0.717, 1.165) is 5.56 Å². The maximum absolute atomic E-state index is 13.1. The van der Waals surface area contributed by atoms with Gasteiger partial charge in [0.25, 0.3) is 0 Å². The first-order chi connectivity index (χ1) is 14.1. The molecule has 1 aromatic rings. The van der Waals surface area contributed by atoms with E-state index in [-0.39, 0.29) is 19.4 Å². The van der Waals surface area contributed by atoms with Crippen LogP contribution in [0.5, 0.6) is 0 Å². The van der Waals surface area contributed by atoms with Crippen LogP contribution < -0.4 is 5.32 Å². The first-order valence-electron chi connectivity index (χ1n) is 9.95. The number of benzene rings is 1. The van der Waals surface area contributed by atoms with Crippen molar-refractivity contribution >= 4 is 17.8 Å². The lowest BCUT2D eigenvalue weighted by Gasteiger charge is -2.29. The van der Waals surface area contributed by atoms with E-state index >= 15 is 0 Å². The van der Waals surface area contributed by atoms with Crippen molar-refractivity contribution in [1.29, 1.82) is 0 Å². The highest BCUT2D eigenvalue weighted by Crippen LogP contribution is 2.48. The van der Waals surface area contributed by atoms with E-state index in [1.807, 2.05) is 30.3 Å². The number of carbonyl (C=O) groups is 3. The quantitative estimate of drug-likeness (QED) is 0.337. The van der Waals surface area contributed by atoms with Crippen molar-refractivity contribution in [2.45, 2.75) is 63.8 Å². The van der Waals surface area contributed by atoms with Crippen LogP contribution in [-0.4, -0.2) is 40.0 Å². The minimum absolute atomic E-state index is 0.0668. The highest BCUT2D eigenvalue weighted by atomic mass is 16.6. The lowest BCUT2D eigenvalue weighted by molar-refractivity contribution is -0.546. The van der Waals surface area contributed by atoms with Crippen LogP contribution in [0.1, 0.15) is 45.6 Å². The Labute approximate surface area is 174 Å². The van der Waals surface area contributed by atoms with E-state index in [0.29, 0.717) is 6.42 Å². The van der Waals surface area contributed by atoms with E-state index < -0.39 is 51.8 Å². The maximum Gasteiger partial charge on any atom is 0.407 e. The molecule has 0 spiro atoms. The Bertz CT molecular complexity index is 849. The minimum atomic E-state index is -2.41. The first-order valence-corrected chi connectivity index (χ1v) is 9.95. The van der Waals surface area contributed by atoms with Crippen molar-refractivity contribution < 1.29 is 28.8 Å². The summed E-state index contributed by atoms with van der Waals surface area (Å²) < 4.78 is 10.5. The molecule has 2 fully saturated rings. The number of amides is 1. The largest absolute Gasteiger partial charge is 0.454 e. The van der Waals surface area contributed by atoms with E-state index in [1.165, 1.54) is 0 Å². The second kappa shape index (κ2) is 8.04. The molecule has 1 unspecified atom stereocenters. The summed E-state index contributed by atoms with van der Waals surface area (Å²) in [6, 6.07) is 8.49. The van der Waals surface area contributed by atoms with Crippen molar-refractivity contribution in [3.63, 3.8) is 0 Å². The summed E-state index contributed by atoms with van der Waals surface area (Å²) in [6.07, 6.45) is 0.0558. The topological polar surface area (TPSA) is 125 Å². The fourth-order valence-corrected chi connectivity index (χ4v) is 4.35. The standard InChI is InChI=1S/C21H26N2O7/c1-20(2,3)30-18(25)21(23(27)28)14-9-10-16(15(11-14)17(21)24)22-19(26)29-12-13-7-5-4-6-8-13/h4-8,14-16H,9-12H2,1-3H3,(H,22,26)/t14-,15-,16+,21?/m1/s1. The molecule has 2 aliphatic rings. The summed E-state index contributed by atoms with van der Waals surface area (Å²) in [5, 5.41) is 14.6. The summed E-state index contributed by atoms with van der Waals surface area (Å²) in [5.74, 6) is -3.49. The van der Waals surface area contributed by atoms with E-state index in [1.54, 1.807) is 20.8 Å². The summed E-state index contributed by atoms with van der Waals surface area (Å²) in [4.78, 5) is 49.3. The molecular formula is C21H26N2O7. The average molecular weight is 418 g/mol. The predicted octanol–water partition coefficient (Wildman–Crippen LogP) is 2.64. The van der Waals surface area contributed by atoms with Crippen LogP contribution in [-0.2, 0) is 25.7 Å². The van der Waals surface area contributed by atoms with Crippen LogP contribution in [0.25, 0.3) is 0 Å². The summed E-state index contributed by atoms with van der Waals surface area (Å²) >= 11 is 0. The third kappa shape index (κ3) is 4.01. The van der Waals surface area contributed by atoms with Gasteiger partial charge in [-0.1, -0.05) is 30.3 Å². The van der Waals surface area contributed by atoms with Crippen LogP contribution >= 0.6 is 0 Å². The van der Waals surface area contributed by atoms with Gasteiger partial charge in [0.1, 0.15) is 12.2 Å². The molecule has 1 aromatic carbocycles. The Morgan fingerprint density at radius 1 is 1.23 bits per heavy atom. The highest BCUT2D eigenvalue weighted by Gasteiger charge is 2.73. The summed E-state index contributed by atoms with van der Waals surface area (Å²) in [6.45, 7) is 4.85. The number of nitrogens with one attached hydrogen (secondary N) is 1. The van der Waals surface area contributed by atoms with Gasteiger partial charge in [0.15, 0.2) is 0 Å². The molecule has 1 N–H and O–H groups in total. The highest BCUT2D eigenvalue weighted by molar-refractivity contribution is 6.10. The molecule has 2 bridgehead atoms. The number of hydrogen-bond acceptors (Lipinski definition) is 7. The molecule has 9 heteroatoms. The number of ether oxygens (including phenoxy) is 2. The van der Waals surface area contributed by atoms with Crippen molar-refractivity contribution in [2.75, 3.05) is 0 Å². The van der Waals surface area contributed by atoms with Gasteiger partial charge < -0.3 is 14.8 Å². The van der Waals surface area contributed by atoms with Gasteiger partial charge in [0, 0.05) is 22.8 Å². The number of rotatable bonds is 5. The zero-order chi connectivity index (χ0) is 22.1. The SMILES string of the molecule is CC(C)(C)OC(=O)C1([N+](=O)[O-])C(=O)[C@@H]2C[C@H]1CC[C@@H]2NC(=O)OCc1ccccc1. The number of ketones is 1. The Hall–Kier alpha value is -2.97. The van der Waals surface area contributed by atoms with Crippen molar-refractivity contribution in [3.05, 3.63) is 46.0 Å². The zero-order valence-electron chi connectivity index (χ0n) is 17.3. The molecule has 3 rings (SSSR count). The molecule has 1 amide bonds. The Morgan fingerprint density at radius 3 is 2.50 bits per heavy atom. The second-order valence-electron chi connectivity index (χ2n) is 8.82. The molecule has 9 nitrogen and oxygen atoms in total. The minimum Gasteiger partial charge on any atom is -0.454 e. The molecule has 0 saturated heterocycles. The molecule has 2 aliphatic carbocycles. The Morgan fingerprint density at radius 2 is 1.90 bits per heavy atom. The van der Waals surface area contributed by atoms with Gasteiger partial charge in [-0.05, 0) is 45.6 Å². The van der Waals surface area contributed by atoms with Crippen molar-refractivity contribution in [1.82, 2.24) is 5.32 Å². The number of alkyl carbamates (subject to hydrolysis) is 1. The molecule has 0 aliphatic heterocycles. The summed E-state index contributed by atoms with van der Waals surface area (Å²) in [7, 11) is 0. The number of hydrogen-bond donors (Lipinski definition) is 1. The van der Waals surface area contributed by atoms with Gasteiger partial charge in [-0.2, -0.15) is 0 Å². The molecule has 162 valence electrons. The normalized spacial score (nSPS) is 28.0. The number of carbonyl (C=O) groups excluding carboxylic acids is 3. The summed E-state index contributed by atoms with van der Waals surface area (Å²) in [5.41, 5.74) is -2.57. The molecule has 0 aromatic heterocycles. The maximum atomic E-state index is 13.1. The van der Waals surface area contributed by atoms with Crippen molar-refractivity contribution in [2.24, 2.45) is 11.8 Å². The average Bonchev–Trinajstić information content (AvgIpc) is 2.90. The number of Topliss-reactive ketones (excluding diaryl/α,β-unsaturated/α-hetero) is 1. The molecule has 2 saturated carbocycles. The van der Waals surface area contributed by atoms with E-state index in [9.17, 15) is 24.5 Å². The fourth-order valence-electron chi connectivity index (χ4n) is 4.35.